The van der Waals surface area contributed by atoms with Crippen LogP contribution in [0.5, 0.6) is 5.75 Å². The molecule has 2 aromatic heterocycles. The molecule has 1 aliphatic heterocycles. The summed E-state index contributed by atoms with van der Waals surface area (Å²) in [5, 5.41) is 0.423. The van der Waals surface area contributed by atoms with Crippen LogP contribution in [0.15, 0.2) is 80.1 Å². The van der Waals surface area contributed by atoms with Gasteiger partial charge in [-0.1, -0.05) is 48.4 Å². The number of hydrogen-bond donors (Lipinski definition) is 0. The number of rotatable bonds is 9. The maximum atomic E-state index is 14.0. The summed E-state index contributed by atoms with van der Waals surface area (Å²) in [7, 11) is 2.86. The first-order chi connectivity index (χ1) is 20.8. The van der Waals surface area contributed by atoms with Crippen molar-refractivity contribution >= 4 is 41.0 Å². The van der Waals surface area contributed by atoms with E-state index < -0.39 is 18.0 Å². The van der Waals surface area contributed by atoms with Crippen molar-refractivity contribution < 1.29 is 28.2 Å². The van der Waals surface area contributed by atoms with Crippen molar-refractivity contribution in [1.82, 2.24) is 4.57 Å². The van der Waals surface area contributed by atoms with Crippen molar-refractivity contribution in [1.29, 1.82) is 0 Å². The first-order valence-electron chi connectivity index (χ1n) is 13.6. The van der Waals surface area contributed by atoms with Crippen LogP contribution < -0.4 is 19.6 Å². The number of furan rings is 1. The van der Waals surface area contributed by atoms with Crippen molar-refractivity contribution in [2.24, 2.45) is 4.99 Å². The summed E-state index contributed by atoms with van der Waals surface area (Å²) in [4.78, 5) is 44.9. The number of methoxy groups -OCH3 is 2. The molecule has 0 saturated heterocycles. The third kappa shape index (κ3) is 5.93. The molecule has 3 heterocycles. The predicted octanol–water partition coefficient (Wildman–Crippen LogP) is 5.29. The summed E-state index contributed by atoms with van der Waals surface area (Å²) in [6.45, 7) is 3.92. The lowest BCUT2D eigenvalue weighted by atomic mass is 9.94. The fraction of sp³-hybridized carbons (Fsp3) is 0.250. The average molecular weight is 621 g/mol. The second-order valence-electron chi connectivity index (χ2n) is 9.57. The summed E-state index contributed by atoms with van der Waals surface area (Å²) in [5.41, 5.74) is 2.01. The number of esters is 2. The number of hydrogen-bond acceptors (Lipinski definition) is 9. The lowest BCUT2D eigenvalue weighted by Gasteiger charge is -2.26. The summed E-state index contributed by atoms with van der Waals surface area (Å²) in [5.74, 6) is 0.303. The largest absolute Gasteiger partial charge is 0.497 e. The van der Waals surface area contributed by atoms with Crippen LogP contribution in [-0.2, 0) is 14.3 Å². The fourth-order valence-corrected chi connectivity index (χ4v) is 6.13. The van der Waals surface area contributed by atoms with Gasteiger partial charge in [0.05, 0.1) is 48.2 Å². The standard InChI is InChI=1S/C32H29ClN2O7S/c1-5-8-24-27(31(38)41-6-2)28(18-9-7-10-20(15-18)39-3)35-29(36)26(43-32(35)34-24)17-21-12-14-25(42-21)23-16-19(33)11-13-22(23)30(37)40-4/h7,9-17,28H,5-6,8H2,1-4H3/b26-17+/t28-/m0/s1. The zero-order chi connectivity index (χ0) is 30.7. The van der Waals surface area contributed by atoms with Crippen LogP contribution in [0.1, 0.15) is 54.4 Å². The molecule has 0 N–H and O–H groups in total. The van der Waals surface area contributed by atoms with E-state index in [9.17, 15) is 14.4 Å². The predicted molar refractivity (Wildman–Crippen MR) is 163 cm³/mol. The number of ether oxygens (including phenoxy) is 3. The van der Waals surface area contributed by atoms with E-state index in [4.69, 9.17) is 35.2 Å². The maximum Gasteiger partial charge on any atom is 0.338 e. The second-order valence-corrected chi connectivity index (χ2v) is 11.0. The number of aromatic nitrogens is 1. The van der Waals surface area contributed by atoms with Gasteiger partial charge in [-0.15, -0.1) is 0 Å². The first-order valence-corrected chi connectivity index (χ1v) is 14.8. The SMILES string of the molecule is CCCC1=C(C(=O)OCC)[C@H](c2cccc(OC)c2)n2c(s/c(=C/c3ccc(-c4cc(Cl)ccc4C(=O)OC)o3)c2=O)=N1. The molecular formula is C32H29ClN2O7S. The zero-order valence-electron chi connectivity index (χ0n) is 24.0. The van der Waals surface area contributed by atoms with Crippen LogP contribution in [0, 0.1) is 0 Å². The number of carbonyl (C=O) groups is 2. The highest BCUT2D eigenvalue weighted by Gasteiger charge is 2.34. The molecule has 1 atom stereocenters. The minimum absolute atomic E-state index is 0.183. The van der Waals surface area contributed by atoms with Gasteiger partial charge in [-0.3, -0.25) is 9.36 Å². The molecule has 11 heteroatoms. The lowest BCUT2D eigenvalue weighted by molar-refractivity contribution is -0.139. The first kappa shape index (κ1) is 30.1. The average Bonchev–Trinajstić information content (AvgIpc) is 3.60. The third-order valence-electron chi connectivity index (χ3n) is 6.85. The fourth-order valence-electron chi connectivity index (χ4n) is 4.96. The normalized spacial score (nSPS) is 14.7. The highest BCUT2D eigenvalue weighted by molar-refractivity contribution is 7.07. The van der Waals surface area contributed by atoms with Crippen LogP contribution in [0.25, 0.3) is 17.4 Å². The molecule has 0 bridgehead atoms. The molecule has 0 saturated carbocycles. The summed E-state index contributed by atoms with van der Waals surface area (Å²) in [6, 6.07) is 14.7. The lowest BCUT2D eigenvalue weighted by Crippen LogP contribution is -2.40. The molecule has 43 heavy (non-hydrogen) atoms. The molecule has 0 spiro atoms. The molecule has 4 aromatic rings. The van der Waals surface area contributed by atoms with Crippen LogP contribution in [0.3, 0.4) is 0 Å². The number of fused-ring (bicyclic) bond motifs is 1. The van der Waals surface area contributed by atoms with Gasteiger partial charge in [0.15, 0.2) is 4.80 Å². The van der Waals surface area contributed by atoms with Crippen LogP contribution >= 0.6 is 22.9 Å². The summed E-state index contributed by atoms with van der Waals surface area (Å²) < 4.78 is 23.7. The zero-order valence-corrected chi connectivity index (χ0v) is 25.6. The Labute approximate surface area is 256 Å². The highest BCUT2D eigenvalue weighted by Crippen LogP contribution is 2.34. The molecule has 0 aliphatic carbocycles. The van der Waals surface area contributed by atoms with E-state index in [1.165, 1.54) is 23.0 Å². The van der Waals surface area contributed by atoms with Gasteiger partial charge in [0.2, 0.25) is 0 Å². The number of halogens is 1. The minimum Gasteiger partial charge on any atom is -0.497 e. The topological polar surface area (TPSA) is 109 Å². The Morgan fingerprint density at radius 1 is 1.09 bits per heavy atom. The molecular weight excluding hydrogens is 592 g/mol. The quantitative estimate of drug-likeness (QED) is 0.234. The number of allylic oxidation sites excluding steroid dienone is 1. The molecule has 222 valence electrons. The Hall–Kier alpha value is -4.41. The van der Waals surface area contributed by atoms with Gasteiger partial charge in [-0.05, 0) is 61.4 Å². The van der Waals surface area contributed by atoms with Crippen LogP contribution in [-0.4, -0.2) is 37.3 Å². The summed E-state index contributed by atoms with van der Waals surface area (Å²) in [6.07, 6.45) is 2.89. The van der Waals surface area contributed by atoms with Gasteiger partial charge in [0, 0.05) is 16.7 Å². The van der Waals surface area contributed by atoms with Gasteiger partial charge >= 0.3 is 11.9 Å². The molecule has 9 nitrogen and oxygen atoms in total. The van der Waals surface area contributed by atoms with Crippen molar-refractivity contribution in [2.75, 3.05) is 20.8 Å². The van der Waals surface area contributed by atoms with Gasteiger partial charge < -0.3 is 18.6 Å². The van der Waals surface area contributed by atoms with E-state index in [2.05, 4.69) is 0 Å². The Morgan fingerprint density at radius 2 is 1.91 bits per heavy atom. The number of nitrogens with zero attached hydrogens (tertiary/aromatic N) is 2. The summed E-state index contributed by atoms with van der Waals surface area (Å²) >= 11 is 7.40. The second kappa shape index (κ2) is 12.8. The number of carbonyl (C=O) groups excluding carboxylic acids is 2. The molecule has 2 aromatic carbocycles. The van der Waals surface area contributed by atoms with Gasteiger partial charge in [0.25, 0.3) is 5.56 Å². The van der Waals surface area contributed by atoms with Crippen LogP contribution in [0.4, 0.5) is 0 Å². The molecule has 0 fully saturated rings. The third-order valence-corrected chi connectivity index (χ3v) is 8.07. The smallest absolute Gasteiger partial charge is 0.338 e. The minimum atomic E-state index is -0.768. The van der Waals surface area contributed by atoms with Gasteiger partial charge in [-0.2, -0.15) is 0 Å². The van der Waals surface area contributed by atoms with Crippen molar-refractivity contribution in [2.45, 2.75) is 32.7 Å². The van der Waals surface area contributed by atoms with E-state index in [1.54, 1.807) is 62.6 Å². The highest BCUT2D eigenvalue weighted by atomic mass is 35.5. The Bertz CT molecular complexity index is 1920. The van der Waals surface area contributed by atoms with Crippen molar-refractivity contribution in [3.8, 4) is 17.1 Å². The number of thiazole rings is 1. The van der Waals surface area contributed by atoms with E-state index in [0.29, 0.717) is 66.0 Å². The van der Waals surface area contributed by atoms with E-state index in [0.717, 1.165) is 6.42 Å². The number of benzene rings is 2. The Morgan fingerprint density at radius 3 is 2.63 bits per heavy atom. The van der Waals surface area contributed by atoms with Crippen molar-refractivity contribution in [3.05, 3.63) is 107 Å². The Kier molecular flexibility index (Phi) is 8.98. The molecule has 5 rings (SSSR count). The van der Waals surface area contributed by atoms with Crippen molar-refractivity contribution in [3.63, 3.8) is 0 Å². The van der Waals surface area contributed by atoms with Gasteiger partial charge in [-0.25, -0.2) is 14.6 Å². The maximum absolute atomic E-state index is 14.0. The van der Waals surface area contributed by atoms with Gasteiger partial charge in [0.1, 0.15) is 17.3 Å². The van der Waals surface area contributed by atoms with E-state index in [-0.39, 0.29) is 12.2 Å². The van der Waals surface area contributed by atoms with E-state index in [1.807, 2.05) is 19.1 Å². The van der Waals surface area contributed by atoms with E-state index >= 15 is 0 Å². The van der Waals surface area contributed by atoms with Crippen LogP contribution in [0.2, 0.25) is 5.02 Å². The molecule has 0 radical (unpaired) electrons. The molecule has 0 amide bonds. The monoisotopic (exact) mass is 620 g/mol. The molecule has 1 aliphatic rings. The molecule has 0 unspecified atom stereocenters. The Balaban J connectivity index is 1.67.